The molecule has 0 spiro atoms. The summed E-state index contributed by atoms with van der Waals surface area (Å²) in [5, 5.41) is 13.9. The SMILES string of the molecule is CC(C)C1(c2nc(-c3ncn[nH]3)no2)CCNC1. The van der Waals surface area contributed by atoms with Crippen LogP contribution in [0.4, 0.5) is 0 Å². The van der Waals surface area contributed by atoms with Crippen molar-refractivity contribution < 1.29 is 4.52 Å². The standard InChI is InChI=1S/C11H16N6O/c1-7(2)11(3-4-12-5-11)10-15-9(17-18-10)8-13-6-14-16-8/h6-7,12H,3-5H2,1-2H3,(H,13,14,16). The summed E-state index contributed by atoms with van der Waals surface area (Å²) in [6.45, 7) is 6.23. The van der Waals surface area contributed by atoms with Crippen molar-refractivity contribution >= 4 is 0 Å². The first-order valence-corrected chi connectivity index (χ1v) is 6.13. The largest absolute Gasteiger partial charge is 0.338 e. The van der Waals surface area contributed by atoms with Gasteiger partial charge in [-0.05, 0) is 18.9 Å². The van der Waals surface area contributed by atoms with Gasteiger partial charge < -0.3 is 9.84 Å². The van der Waals surface area contributed by atoms with Crippen LogP contribution in [0.2, 0.25) is 0 Å². The molecule has 0 bridgehead atoms. The predicted molar refractivity (Wildman–Crippen MR) is 63.7 cm³/mol. The van der Waals surface area contributed by atoms with E-state index in [4.69, 9.17) is 4.52 Å². The summed E-state index contributed by atoms with van der Waals surface area (Å²) in [6, 6.07) is 0. The van der Waals surface area contributed by atoms with Crippen molar-refractivity contribution in [3.05, 3.63) is 12.2 Å². The van der Waals surface area contributed by atoms with Crippen LogP contribution < -0.4 is 5.32 Å². The summed E-state index contributed by atoms with van der Waals surface area (Å²) >= 11 is 0. The Morgan fingerprint density at radius 3 is 2.94 bits per heavy atom. The van der Waals surface area contributed by atoms with E-state index in [0.29, 0.717) is 23.5 Å². The highest BCUT2D eigenvalue weighted by atomic mass is 16.5. The van der Waals surface area contributed by atoms with Crippen molar-refractivity contribution in [1.82, 2.24) is 30.6 Å². The highest BCUT2D eigenvalue weighted by Crippen LogP contribution is 2.37. The van der Waals surface area contributed by atoms with E-state index in [0.717, 1.165) is 19.5 Å². The fraction of sp³-hybridized carbons (Fsp3) is 0.636. The van der Waals surface area contributed by atoms with Gasteiger partial charge in [0.05, 0.1) is 5.41 Å². The molecule has 0 amide bonds. The Hall–Kier alpha value is -1.76. The van der Waals surface area contributed by atoms with Crippen LogP contribution in [-0.4, -0.2) is 38.4 Å². The first-order valence-electron chi connectivity index (χ1n) is 6.13. The van der Waals surface area contributed by atoms with Gasteiger partial charge >= 0.3 is 0 Å². The van der Waals surface area contributed by atoms with Crippen LogP contribution >= 0.6 is 0 Å². The first kappa shape index (κ1) is 11.3. The molecule has 0 aliphatic carbocycles. The molecule has 1 aliphatic heterocycles. The molecule has 2 aromatic heterocycles. The molecule has 1 fully saturated rings. The van der Waals surface area contributed by atoms with E-state index >= 15 is 0 Å². The van der Waals surface area contributed by atoms with Crippen molar-refractivity contribution in [2.75, 3.05) is 13.1 Å². The summed E-state index contributed by atoms with van der Waals surface area (Å²) in [5.41, 5.74) is -0.0642. The smallest absolute Gasteiger partial charge is 0.239 e. The van der Waals surface area contributed by atoms with Gasteiger partial charge in [0, 0.05) is 6.54 Å². The molecule has 2 aromatic rings. The van der Waals surface area contributed by atoms with E-state index in [1.165, 1.54) is 6.33 Å². The van der Waals surface area contributed by atoms with Crippen molar-refractivity contribution in [1.29, 1.82) is 0 Å². The maximum Gasteiger partial charge on any atom is 0.239 e. The number of rotatable bonds is 3. The normalized spacial score (nSPS) is 23.9. The Balaban J connectivity index is 1.97. The maximum atomic E-state index is 5.45. The van der Waals surface area contributed by atoms with Crippen molar-refractivity contribution in [2.24, 2.45) is 5.92 Å². The molecular formula is C11H16N6O. The Bertz CT molecular complexity index is 511. The summed E-state index contributed by atoms with van der Waals surface area (Å²) in [6.07, 6.45) is 2.45. The van der Waals surface area contributed by atoms with Crippen LogP contribution in [0.5, 0.6) is 0 Å². The van der Waals surface area contributed by atoms with Gasteiger partial charge in [-0.3, -0.25) is 5.10 Å². The van der Waals surface area contributed by atoms with Crippen molar-refractivity contribution in [3.8, 4) is 11.6 Å². The molecule has 2 N–H and O–H groups in total. The third-order valence-corrected chi connectivity index (χ3v) is 3.77. The van der Waals surface area contributed by atoms with Gasteiger partial charge in [0.25, 0.3) is 0 Å². The van der Waals surface area contributed by atoms with E-state index in [-0.39, 0.29) is 5.41 Å². The number of nitrogens with zero attached hydrogens (tertiary/aromatic N) is 4. The number of aromatic amines is 1. The molecule has 1 atom stereocenters. The van der Waals surface area contributed by atoms with Gasteiger partial charge in [-0.1, -0.05) is 19.0 Å². The van der Waals surface area contributed by atoms with Crippen LogP contribution in [0, 0.1) is 5.92 Å². The Labute approximate surface area is 104 Å². The van der Waals surface area contributed by atoms with Crippen molar-refractivity contribution in [3.63, 3.8) is 0 Å². The predicted octanol–water partition coefficient (Wildman–Crippen LogP) is 0.742. The summed E-state index contributed by atoms with van der Waals surface area (Å²) in [7, 11) is 0. The van der Waals surface area contributed by atoms with E-state index in [2.05, 4.69) is 44.5 Å². The number of nitrogens with one attached hydrogen (secondary N) is 2. The van der Waals surface area contributed by atoms with E-state index in [1.54, 1.807) is 0 Å². The van der Waals surface area contributed by atoms with Crippen molar-refractivity contribution in [2.45, 2.75) is 25.7 Å². The average Bonchev–Trinajstić information content (AvgIpc) is 3.11. The zero-order valence-corrected chi connectivity index (χ0v) is 10.5. The minimum Gasteiger partial charge on any atom is -0.338 e. The lowest BCUT2D eigenvalue weighted by Crippen LogP contribution is -2.35. The van der Waals surface area contributed by atoms with Crippen LogP contribution in [0.15, 0.2) is 10.9 Å². The molecule has 1 aliphatic rings. The Morgan fingerprint density at radius 2 is 2.33 bits per heavy atom. The molecule has 18 heavy (non-hydrogen) atoms. The average molecular weight is 248 g/mol. The fourth-order valence-corrected chi connectivity index (χ4v) is 2.47. The lowest BCUT2D eigenvalue weighted by atomic mass is 9.76. The monoisotopic (exact) mass is 248 g/mol. The number of hydrogen-bond donors (Lipinski definition) is 2. The summed E-state index contributed by atoms with van der Waals surface area (Å²) in [4.78, 5) is 8.50. The molecule has 3 rings (SSSR count). The summed E-state index contributed by atoms with van der Waals surface area (Å²) < 4.78 is 5.45. The number of hydrogen-bond acceptors (Lipinski definition) is 6. The second kappa shape index (κ2) is 4.16. The number of aromatic nitrogens is 5. The zero-order valence-electron chi connectivity index (χ0n) is 10.5. The minimum atomic E-state index is -0.0642. The highest BCUT2D eigenvalue weighted by molar-refractivity contribution is 5.40. The molecule has 7 heteroatoms. The minimum absolute atomic E-state index is 0.0642. The molecule has 1 unspecified atom stereocenters. The lowest BCUT2D eigenvalue weighted by Gasteiger charge is -2.27. The molecule has 1 saturated heterocycles. The molecule has 0 aromatic carbocycles. The Kier molecular flexibility index (Phi) is 2.62. The van der Waals surface area contributed by atoms with Crippen LogP contribution in [0.3, 0.4) is 0 Å². The first-order chi connectivity index (χ1) is 8.72. The van der Waals surface area contributed by atoms with E-state index < -0.39 is 0 Å². The van der Waals surface area contributed by atoms with Gasteiger partial charge in [0.1, 0.15) is 6.33 Å². The van der Waals surface area contributed by atoms with Gasteiger partial charge in [-0.25, -0.2) is 4.98 Å². The van der Waals surface area contributed by atoms with Crippen LogP contribution in [0.1, 0.15) is 26.2 Å². The van der Waals surface area contributed by atoms with Crippen LogP contribution in [-0.2, 0) is 5.41 Å². The van der Waals surface area contributed by atoms with Gasteiger partial charge in [0.2, 0.25) is 11.7 Å². The molecule has 3 heterocycles. The molecular weight excluding hydrogens is 232 g/mol. The third-order valence-electron chi connectivity index (χ3n) is 3.77. The fourth-order valence-electron chi connectivity index (χ4n) is 2.47. The zero-order chi connectivity index (χ0) is 12.6. The topological polar surface area (TPSA) is 92.5 Å². The molecule has 96 valence electrons. The van der Waals surface area contributed by atoms with Gasteiger partial charge in [-0.15, -0.1) is 0 Å². The molecule has 7 nitrogen and oxygen atoms in total. The quantitative estimate of drug-likeness (QED) is 0.832. The lowest BCUT2D eigenvalue weighted by molar-refractivity contribution is 0.234. The van der Waals surface area contributed by atoms with Crippen LogP contribution in [0.25, 0.3) is 11.6 Å². The highest BCUT2D eigenvalue weighted by Gasteiger charge is 2.43. The summed E-state index contributed by atoms with van der Waals surface area (Å²) in [5.74, 6) is 2.13. The van der Waals surface area contributed by atoms with Gasteiger partial charge in [-0.2, -0.15) is 10.1 Å². The second-order valence-electron chi connectivity index (χ2n) is 4.99. The maximum absolute atomic E-state index is 5.45. The van der Waals surface area contributed by atoms with Gasteiger partial charge in [0.15, 0.2) is 5.82 Å². The molecule has 0 radical (unpaired) electrons. The van der Waals surface area contributed by atoms with E-state index in [9.17, 15) is 0 Å². The third kappa shape index (κ3) is 1.62. The second-order valence-corrected chi connectivity index (χ2v) is 4.99. The molecule has 0 saturated carbocycles. The Morgan fingerprint density at radius 1 is 1.44 bits per heavy atom. The number of H-pyrrole nitrogens is 1. The van der Waals surface area contributed by atoms with E-state index in [1.807, 2.05) is 0 Å².